The molecule has 146 valence electrons. The molecule has 1 aromatic carbocycles. The molecule has 1 aliphatic heterocycles. The minimum Gasteiger partial charge on any atom is -0.508 e. The number of hydrogen-bond donors (Lipinski definition) is 1. The van der Waals surface area contributed by atoms with Crippen molar-refractivity contribution in [3.05, 3.63) is 46.8 Å². The lowest BCUT2D eigenvalue weighted by atomic mass is 9.97. The van der Waals surface area contributed by atoms with Crippen molar-refractivity contribution in [1.82, 2.24) is 14.7 Å². The summed E-state index contributed by atoms with van der Waals surface area (Å²) in [5, 5.41) is 14.6. The van der Waals surface area contributed by atoms with Crippen LogP contribution in [0.3, 0.4) is 0 Å². The third kappa shape index (κ3) is 4.16. The van der Waals surface area contributed by atoms with Crippen LogP contribution in [0.1, 0.15) is 48.2 Å². The molecule has 0 saturated carbocycles. The average Bonchev–Trinajstić information content (AvgIpc) is 3.23. The van der Waals surface area contributed by atoms with E-state index in [1.165, 1.54) is 0 Å². The van der Waals surface area contributed by atoms with Gasteiger partial charge in [0.15, 0.2) is 0 Å². The van der Waals surface area contributed by atoms with Crippen LogP contribution in [0.15, 0.2) is 24.3 Å². The quantitative estimate of drug-likeness (QED) is 0.847. The Morgan fingerprint density at radius 1 is 1.41 bits per heavy atom. The van der Waals surface area contributed by atoms with Gasteiger partial charge in [-0.15, -0.1) is 0 Å². The van der Waals surface area contributed by atoms with Crippen LogP contribution in [0.25, 0.3) is 0 Å². The van der Waals surface area contributed by atoms with Crippen LogP contribution in [0.2, 0.25) is 0 Å². The second-order valence-corrected chi connectivity index (χ2v) is 7.41. The number of aromatic hydroxyl groups is 1. The molecular formula is C21H29N3O3. The zero-order chi connectivity index (χ0) is 19.6. The summed E-state index contributed by atoms with van der Waals surface area (Å²) in [5.74, 6) is -0.0528. The Balaban J connectivity index is 1.86. The number of carbonyl (C=O) groups excluding carboxylic acids is 1. The van der Waals surface area contributed by atoms with Gasteiger partial charge in [0, 0.05) is 43.6 Å². The van der Waals surface area contributed by atoms with Crippen molar-refractivity contribution in [3.63, 3.8) is 0 Å². The summed E-state index contributed by atoms with van der Waals surface area (Å²) in [7, 11) is 1.90. The summed E-state index contributed by atoms with van der Waals surface area (Å²) in [5.41, 5.74) is 3.62. The maximum atomic E-state index is 13.4. The molecule has 2 atom stereocenters. The van der Waals surface area contributed by atoms with E-state index in [-0.39, 0.29) is 23.7 Å². The first-order valence-electron chi connectivity index (χ1n) is 9.55. The van der Waals surface area contributed by atoms with E-state index >= 15 is 0 Å². The van der Waals surface area contributed by atoms with Crippen LogP contribution in [-0.4, -0.2) is 44.9 Å². The molecule has 1 fully saturated rings. The first kappa shape index (κ1) is 19.4. The SMILES string of the molecule is Cc1nn(C)c(C)c1C(C)C(=O)N(Cc1ccccc1O)CC1CCCO1. The highest BCUT2D eigenvalue weighted by molar-refractivity contribution is 5.84. The predicted molar refractivity (Wildman–Crippen MR) is 104 cm³/mol. The van der Waals surface area contributed by atoms with Gasteiger partial charge >= 0.3 is 0 Å². The number of nitrogens with zero attached hydrogens (tertiary/aromatic N) is 3. The highest BCUT2D eigenvalue weighted by atomic mass is 16.5. The molecule has 2 aromatic rings. The second kappa shape index (κ2) is 8.13. The van der Waals surface area contributed by atoms with E-state index in [1.54, 1.807) is 12.1 Å². The molecule has 2 unspecified atom stereocenters. The summed E-state index contributed by atoms with van der Waals surface area (Å²) < 4.78 is 7.59. The third-order valence-electron chi connectivity index (χ3n) is 5.48. The van der Waals surface area contributed by atoms with Crippen LogP contribution in [-0.2, 0) is 23.1 Å². The van der Waals surface area contributed by atoms with Crippen LogP contribution in [0, 0.1) is 13.8 Å². The van der Waals surface area contributed by atoms with Crippen molar-refractivity contribution in [1.29, 1.82) is 0 Å². The molecule has 6 heteroatoms. The molecule has 1 aliphatic rings. The summed E-state index contributed by atoms with van der Waals surface area (Å²) >= 11 is 0. The van der Waals surface area contributed by atoms with E-state index in [4.69, 9.17) is 4.74 Å². The number of carbonyl (C=O) groups is 1. The Kier molecular flexibility index (Phi) is 5.85. The number of rotatable bonds is 6. The van der Waals surface area contributed by atoms with Gasteiger partial charge in [0.25, 0.3) is 0 Å². The molecule has 1 N–H and O–H groups in total. The maximum Gasteiger partial charge on any atom is 0.230 e. The fraction of sp³-hybridized carbons (Fsp3) is 0.524. The fourth-order valence-electron chi connectivity index (χ4n) is 3.93. The van der Waals surface area contributed by atoms with E-state index in [2.05, 4.69) is 5.10 Å². The molecular weight excluding hydrogens is 342 g/mol. The van der Waals surface area contributed by atoms with Crippen molar-refractivity contribution in [3.8, 4) is 5.75 Å². The van der Waals surface area contributed by atoms with E-state index in [1.807, 2.05) is 49.5 Å². The number of amides is 1. The number of ether oxygens (including phenoxy) is 1. The van der Waals surface area contributed by atoms with Crippen molar-refractivity contribution >= 4 is 5.91 Å². The van der Waals surface area contributed by atoms with Crippen LogP contribution >= 0.6 is 0 Å². The van der Waals surface area contributed by atoms with Crippen molar-refractivity contribution < 1.29 is 14.6 Å². The zero-order valence-electron chi connectivity index (χ0n) is 16.6. The predicted octanol–water partition coefficient (Wildman–Crippen LogP) is 3.05. The van der Waals surface area contributed by atoms with Gasteiger partial charge in [-0.3, -0.25) is 9.48 Å². The van der Waals surface area contributed by atoms with Gasteiger partial charge in [-0.1, -0.05) is 18.2 Å². The number of phenolic OH excluding ortho intramolecular Hbond substituents is 1. The lowest BCUT2D eigenvalue weighted by molar-refractivity contribution is -0.134. The Bertz CT molecular complexity index is 809. The van der Waals surface area contributed by atoms with Gasteiger partial charge in [-0.2, -0.15) is 5.10 Å². The van der Waals surface area contributed by atoms with Crippen LogP contribution in [0.5, 0.6) is 5.75 Å². The van der Waals surface area contributed by atoms with E-state index in [9.17, 15) is 9.90 Å². The minimum absolute atomic E-state index is 0.0351. The molecule has 1 saturated heterocycles. The van der Waals surface area contributed by atoms with Gasteiger partial charge in [-0.05, 0) is 39.7 Å². The first-order valence-corrected chi connectivity index (χ1v) is 9.55. The lowest BCUT2D eigenvalue weighted by Gasteiger charge is -2.28. The summed E-state index contributed by atoms with van der Waals surface area (Å²) in [6, 6.07) is 7.18. The van der Waals surface area contributed by atoms with Crippen molar-refractivity contribution in [2.75, 3.05) is 13.2 Å². The Hall–Kier alpha value is -2.34. The molecule has 0 radical (unpaired) electrons. The number of para-hydroxylation sites is 1. The molecule has 1 aromatic heterocycles. The van der Waals surface area contributed by atoms with Gasteiger partial charge in [0.05, 0.1) is 17.7 Å². The zero-order valence-corrected chi connectivity index (χ0v) is 16.6. The number of aryl methyl sites for hydroxylation is 2. The first-order chi connectivity index (χ1) is 12.9. The van der Waals surface area contributed by atoms with Crippen LogP contribution in [0.4, 0.5) is 0 Å². The number of benzene rings is 1. The van der Waals surface area contributed by atoms with Gasteiger partial charge in [0.1, 0.15) is 5.75 Å². The maximum absolute atomic E-state index is 13.4. The van der Waals surface area contributed by atoms with E-state index in [0.717, 1.165) is 42.0 Å². The topological polar surface area (TPSA) is 67.6 Å². The average molecular weight is 371 g/mol. The Morgan fingerprint density at radius 2 is 2.15 bits per heavy atom. The molecule has 1 amide bonds. The van der Waals surface area contributed by atoms with Crippen molar-refractivity contribution in [2.45, 2.75) is 52.2 Å². The molecule has 0 spiro atoms. The number of hydrogen-bond acceptors (Lipinski definition) is 4. The lowest BCUT2D eigenvalue weighted by Crippen LogP contribution is -2.39. The van der Waals surface area contributed by atoms with E-state index in [0.29, 0.717) is 13.1 Å². The number of phenols is 1. The highest BCUT2D eigenvalue weighted by Gasteiger charge is 2.30. The van der Waals surface area contributed by atoms with Crippen LogP contribution < -0.4 is 0 Å². The van der Waals surface area contributed by atoms with Gasteiger partial charge < -0.3 is 14.7 Å². The Labute approximate surface area is 160 Å². The van der Waals surface area contributed by atoms with Crippen molar-refractivity contribution in [2.24, 2.45) is 7.05 Å². The smallest absolute Gasteiger partial charge is 0.230 e. The fourth-order valence-corrected chi connectivity index (χ4v) is 3.93. The summed E-state index contributed by atoms with van der Waals surface area (Å²) in [6.45, 7) is 7.53. The highest BCUT2D eigenvalue weighted by Crippen LogP contribution is 2.27. The number of aromatic nitrogens is 2. The molecule has 6 nitrogen and oxygen atoms in total. The molecule has 2 heterocycles. The van der Waals surface area contributed by atoms with Gasteiger partial charge in [0.2, 0.25) is 5.91 Å². The normalized spacial score (nSPS) is 17.9. The molecule has 0 aliphatic carbocycles. The minimum atomic E-state index is -0.300. The standard InChI is InChI=1S/C21H29N3O3/c1-14(20-15(2)22-23(4)16(20)3)21(26)24(13-18-9-7-11-27-18)12-17-8-5-6-10-19(17)25/h5-6,8,10,14,18,25H,7,9,11-13H2,1-4H3. The molecule has 3 rings (SSSR count). The summed E-state index contributed by atoms with van der Waals surface area (Å²) in [4.78, 5) is 15.2. The van der Waals surface area contributed by atoms with Gasteiger partial charge in [-0.25, -0.2) is 0 Å². The Morgan fingerprint density at radius 3 is 2.74 bits per heavy atom. The monoisotopic (exact) mass is 371 g/mol. The van der Waals surface area contributed by atoms with E-state index < -0.39 is 0 Å². The molecule has 27 heavy (non-hydrogen) atoms. The second-order valence-electron chi connectivity index (χ2n) is 7.41. The third-order valence-corrected chi connectivity index (χ3v) is 5.48. The summed E-state index contributed by atoms with van der Waals surface area (Å²) in [6.07, 6.45) is 2.05. The molecule has 0 bridgehead atoms. The largest absolute Gasteiger partial charge is 0.508 e.